The summed E-state index contributed by atoms with van der Waals surface area (Å²) in [6.07, 6.45) is 2.14. The predicted molar refractivity (Wildman–Crippen MR) is 101 cm³/mol. The van der Waals surface area contributed by atoms with Crippen LogP contribution >= 0.6 is 11.6 Å². The molecule has 3 aliphatic rings. The van der Waals surface area contributed by atoms with Crippen LogP contribution in [0.4, 0.5) is 0 Å². The SMILES string of the molecule is O=C1CCCC2=C1[C@@H](c1ccc(Cl)cc1)[C@H]1C(=O)c3ccccc3C1=N2. The van der Waals surface area contributed by atoms with Gasteiger partial charge in [0.15, 0.2) is 11.6 Å². The van der Waals surface area contributed by atoms with Crippen LogP contribution in [0.5, 0.6) is 0 Å². The summed E-state index contributed by atoms with van der Waals surface area (Å²) < 4.78 is 0. The van der Waals surface area contributed by atoms with Gasteiger partial charge in [0.25, 0.3) is 0 Å². The molecule has 4 heteroatoms. The highest BCUT2D eigenvalue weighted by Crippen LogP contribution is 2.48. The van der Waals surface area contributed by atoms with E-state index in [1.807, 2.05) is 48.5 Å². The normalized spacial score (nSPS) is 24.1. The van der Waals surface area contributed by atoms with Crippen LogP contribution < -0.4 is 0 Å². The van der Waals surface area contributed by atoms with Crippen molar-refractivity contribution in [2.24, 2.45) is 10.9 Å². The largest absolute Gasteiger partial charge is 0.294 e. The Balaban J connectivity index is 1.76. The number of benzene rings is 2. The zero-order valence-electron chi connectivity index (χ0n) is 14.0. The minimum absolute atomic E-state index is 0.0595. The van der Waals surface area contributed by atoms with Gasteiger partial charge in [-0.05, 0) is 30.5 Å². The second-order valence-corrected chi connectivity index (χ2v) is 7.49. The van der Waals surface area contributed by atoms with E-state index in [2.05, 4.69) is 0 Å². The summed E-state index contributed by atoms with van der Waals surface area (Å²) in [5, 5.41) is 0.642. The summed E-state index contributed by atoms with van der Waals surface area (Å²) >= 11 is 6.06. The monoisotopic (exact) mass is 361 g/mol. The molecule has 128 valence electrons. The number of Topliss-reactive ketones (excluding diaryl/α,β-unsaturated/α-hetero) is 2. The summed E-state index contributed by atoms with van der Waals surface area (Å²) in [7, 11) is 0. The van der Waals surface area contributed by atoms with Gasteiger partial charge in [0, 0.05) is 39.8 Å². The Morgan fingerprint density at radius 2 is 1.62 bits per heavy atom. The smallest absolute Gasteiger partial charge is 0.173 e. The summed E-state index contributed by atoms with van der Waals surface area (Å²) in [5.41, 5.74) is 4.98. The molecule has 2 atom stereocenters. The number of nitrogens with zero attached hydrogens (tertiary/aromatic N) is 1. The first kappa shape index (κ1) is 15.7. The van der Waals surface area contributed by atoms with E-state index in [1.165, 1.54) is 0 Å². The van der Waals surface area contributed by atoms with Crippen LogP contribution in [0.15, 0.2) is 64.8 Å². The van der Waals surface area contributed by atoms with Gasteiger partial charge < -0.3 is 0 Å². The molecule has 0 fully saturated rings. The van der Waals surface area contributed by atoms with Crippen molar-refractivity contribution in [1.82, 2.24) is 0 Å². The Labute approximate surface area is 156 Å². The lowest BCUT2D eigenvalue weighted by Crippen LogP contribution is -2.33. The van der Waals surface area contributed by atoms with Crippen LogP contribution in [0.3, 0.4) is 0 Å². The molecule has 3 nitrogen and oxygen atoms in total. The maximum atomic E-state index is 13.2. The maximum Gasteiger partial charge on any atom is 0.173 e. The molecule has 1 aliphatic heterocycles. The van der Waals surface area contributed by atoms with E-state index >= 15 is 0 Å². The molecule has 2 aliphatic carbocycles. The zero-order chi connectivity index (χ0) is 17.8. The van der Waals surface area contributed by atoms with E-state index in [0.717, 1.165) is 41.0 Å². The summed E-state index contributed by atoms with van der Waals surface area (Å²) in [5.74, 6) is -0.515. The lowest BCUT2D eigenvalue weighted by Gasteiger charge is -2.33. The highest BCUT2D eigenvalue weighted by atomic mass is 35.5. The second-order valence-electron chi connectivity index (χ2n) is 7.05. The molecule has 26 heavy (non-hydrogen) atoms. The standard InChI is InChI=1S/C22H16ClNO2/c23-13-10-8-12(9-11-13)18-19-16(6-3-7-17(19)25)24-21-14-4-1-2-5-15(14)22(26)20(18)21/h1-2,4-5,8-11,18,20H,3,6-7H2/t18-,20-/m1/s1. The van der Waals surface area contributed by atoms with Gasteiger partial charge in [-0.25, -0.2) is 0 Å². The summed E-state index contributed by atoms with van der Waals surface area (Å²) in [4.78, 5) is 30.8. The van der Waals surface area contributed by atoms with Crippen molar-refractivity contribution in [2.75, 3.05) is 0 Å². The van der Waals surface area contributed by atoms with Gasteiger partial charge in [-0.15, -0.1) is 0 Å². The number of fused-ring (bicyclic) bond motifs is 3. The number of carbonyl (C=O) groups excluding carboxylic acids is 2. The molecule has 2 aromatic carbocycles. The molecule has 0 amide bonds. The van der Waals surface area contributed by atoms with Crippen LogP contribution in [-0.2, 0) is 4.79 Å². The number of hydrogen-bond donors (Lipinski definition) is 0. The molecule has 0 saturated carbocycles. The van der Waals surface area contributed by atoms with Crippen molar-refractivity contribution < 1.29 is 9.59 Å². The van der Waals surface area contributed by atoms with Crippen molar-refractivity contribution in [3.63, 3.8) is 0 Å². The van der Waals surface area contributed by atoms with Crippen molar-refractivity contribution in [3.8, 4) is 0 Å². The molecule has 0 radical (unpaired) electrons. The van der Waals surface area contributed by atoms with Crippen molar-refractivity contribution in [3.05, 3.63) is 81.5 Å². The number of halogens is 1. The topological polar surface area (TPSA) is 46.5 Å². The van der Waals surface area contributed by atoms with Gasteiger partial charge in [0.1, 0.15) is 0 Å². The molecular formula is C22H16ClNO2. The number of ketones is 2. The Morgan fingerprint density at radius 1 is 0.885 bits per heavy atom. The Bertz CT molecular complexity index is 1020. The van der Waals surface area contributed by atoms with E-state index in [4.69, 9.17) is 16.6 Å². The minimum Gasteiger partial charge on any atom is -0.294 e. The Kier molecular flexibility index (Phi) is 3.47. The van der Waals surface area contributed by atoms with Gasteiger partial charge in [-0.3, -0.25) is 14.6 Å². The third-order valence-corrected chi connectivity index (χ3v) is 5.86. The molecule has 0 saturated heterocycles. The third kappa shape index (κ3) is 2.17. The lowest BCUT2D eigenvalue weighted by molar-refractivity contribution is -0.116. The molecule has 0 unspecified atom stereocenters. The van der Waals surface area contributed by atoms with Crippen LogP contribution in [-0.4, -0.2) is 17.3 Å². The first-order valence-electron chi connectivity index (χ1n) is 8.89. The summed E-state index contributed by atoms with van der Waals surface area (Å²) in [6, 6.07) is 15.1. The van der Waals surface area contributed by atoms with Gasteiger partial charge >= 0.3 is 0 Å². The third-order valence-electron chi connectivity index (χ3n) is 5.60. The van der Waals surface area contributed by atoms with E-state index in [-0.39, 0.29) is 17.5 Å². The molecule has 0 bridgehead atoms. The number of hydrogen-bond acceptors (Lipinski definition) is 3. The van der Waals surface area contributed by atoms with Gasteiger partial charge in [-0.1, -0.05) is 48.0 Å². The van der Waals surface area contributed by atoms with Crippen molar-refractivity contribution in [1.29, 1.82) is 0 Å². The molecule has 2 aromatic rings. The molecular weight excluding hydrogens is 346 g/mol. The van der Waals surface area contributed by atoms with Gasteiger partial charge in [0.2, 0.25) is 0 Å². The first-order chi connectivity index (χ1) is 12.6. The fourth-order valence-corrected chi connectivity index (χ4v) is 4.60. The average Bonchev–Trinajstić information content (AvgIpc) is 2.94. The zero-order valence-corrected chi connectivity index (χ0v) is 14.8. The fourth-order valence-electron chi connectivity index (χ4n) is 4.48. The number of rotatable bonds is 1. The summed E-state index contributed by atoms with van der Waals surface area (Å²) in [6.45, 7) is 0. The first-order valence-corrected chi connectivity index (χ1v) is 9.27. The molecule has 0 N–H and O–H groups in total. The molecule has 1 heterocycles. The van der Waals surface area contributed by atoms with Crippen LogP contribution in [0.1, 0.15) is 46.7 Å². The highest BCUT2D eigenvalue weighted by Gasteiger charge is 2.48. The number of aliphatic imine (C=N–C) groups is 1. The van der Waals surface area contributed by atoms with Gasteiger partial charge in [0.05, 0.1) is 11.6 Å². The van der Waals surface area contributed by atoms with E-state index in [9.17, 15) is 9.59 Å². The van der Waals surface area contributed by atoms with Crippen molar-refractivity contribution >= 4 is 28.9 Å². The lowest BCUT2D eigenvalue weighted by atomic mass is 9.71. The molecule has 0 aromatic heterocycles. The van der Waals surface area contributed by atoms with Crippen LogP contribution in [0.2, 0.25) is 5.02 Å². The van der Waals surface area contributed by atoms with Gasteiger partial charge in [-0.2, -0.15) is 0 Å². The minimum atomic E-state index is -0.422. The predicted octanol–water partition coefficient (Wildman–Crippen LogP) is 4.75. The number of carbonyl (C=O) groups is 2. The van der Waals surface area contributed by atoms with Crippen molar-refractivity contribution in [2.45, 2.75) is 25.2 Å². The Morgan fingerprint density at radius 3 is 2.38 bits per heavy atom. The fraction of sp³-hybridized carbons (Fsp3) is 0.227. The molecule has 5 rings (SSSR count). The number of allylic oxidation sites excluding steroid dienone is 2. The van der Waals surface area contributed by atoms with E-state index < -0.39 is 5.92 Å². The second kappa shape index (κ2) is 5.75. The maximum absolute atomic E-state index is 13.2. The van der Waals surface area contributed by atoms with Crippen LogP contribution in [0, 0.1) is 5.92 Å². The highest BCUT2D eigenvalue weighted by molar-refractivity contribution is 6.31. The van der Waals surface area contributed by atoms with E-state index in [1.54, 1.807) is 0 Å². The average molecular weight is 362 g/mol. The van der Waals surface area contributed by atoms with Crippen LogP contribution in [0.25, 0.3) is 0 Å². The molecule has 0 spiro atoms. The quantitative estimate of drug-likeness (QED) is 0.736. The Hall–Kier alpha value is -2.52. The van der Waals surface area contributed by atoms with E-state index in [0.29, 0.717) is 17.0 Å².